The van der Waals surface area contributed by atoms with Gasteiger partial charge in [0.25, 0.3) is 0 Å². The molecule has 3 heterocycles. The lowest BCUT2D eigenvalue weighted by molar-refractivity contribution is 0.0975. The van der Waals surface area contributed by atoms with Crippen molar-refractivity contribution in [2.24, 2.45) is 5.41 Å². The van der Waals surface area contributed by atoms with Crippen LogP contribution in [0.5, 0.6) is 0 Å². The highest BCUT2D eigenvalue weighted by atomic mass is 32.2. The third-order valence-electron chi connectivity index (χ3n) is 7.50. The molecule has 198 valence electrons. The van der Waals surface area contributed by atoms with Crippen LogP contribution in [0, 0.1) is 23.7 Å². The Morgan fingerprint density at radius 3 is 2.53 bits per heavy atom. The van der Waals surface area contributed by atoms with E-state index in [9.17, 15) is 18.5 Å². The maximum atomic E-state index is 12.6. The van der Waals surface area contributed by atoms with Gasteiger partial charge in [-0.1, -0.05) is 24.3 Å². The summed E-state index contributed by atoms with van der Waals surface area (Å²) in [5.74, 6) is 0.488. The van der Waals surface area contributed by atoms with E-state index in [-0.39, 0.29) is 17.2 Å². The van der Waals surface area contributed by atoms with Crippen LogP contribution in [-0.4, -0.2) is 57.6 Å². The average molecular weight is 534 g/mol. The average Bonchev–Trinajstić information content (AvgIpc) is 3.56. The van der Waals surface area contributed by atoms with E-state index in [1.54, 1.807) is 12.4 Å². The van der Waals surface area contributed by atoms with Gasteiger partial charge in [0.05, 0.1) is 41.4 Å². The van der Waals surface area contributed by atoms with Crippen LogP contribution < -0.4 is 5.32 Å². The summed E-state index contributed by atoms with van der Waals surface area (Å²) in [6.45, 7) is 2.92. The van der Waals surface area contributed by atoms with Crippen LogP contribution in [-0.2, 0) is 10.0 Å². The fraction of sp³-hybridized carbons (Fsp3) is 0.444. The molecule has 1 saturated heterocycles. The molecular weight excluding hydrogens is 502 g/mol. The molecule has 1 aliphatic heterocycles. The number of nitrogens with zero attached hydrogens (tertiary/aromatic N) is 6. The Balaban J connectivity index is 1.23. The number of nitriles is 1. The molecule has 38 heavy (non-hydrogen) atoms. The summed E-state index contributed by atoms with van der Waals surface area (Å²) >= 11 is 0. The second-order valence-corrected chi connectivity index (χ2v) is 12.3. The minimum absolute atomic E-state index is 0.0545. The fourth-order valence-electron chi connectivity index (χ4n) is 4.84. The van der Waals surface area contributed by atoms with Gasteiger partial charge < -0.3 is 5.32 Å². The van der Waals surface area contributed by atoms with Crippen molar-refractivity contribution in [3.63, 3.8) is 0 Å². The zero-order valence-corrected chi connectivity index (χ0v) is 22.4. The molecule has 0 atom stereocenters. The van der Waals surface area contributed by atoms with Crippen molar-refractivity contribution < 1.29 is 13.2 Å². The lowest BCUT2D eigenvalue weighted by atomic mass is 9.96. The number of hydrogen-bond donors (Lipinski definition) is 1. The molecule has 0 radical (unpaired) electrons. The van der Waals surface area contributed by atoms with Crippen LogP contribution in [0.4, 0.5) is 11.6 Å². The maximum absolute atomic E-state index is 12.6. The van der Waals surface area contributed by atoms with Crippen LogP contribution >= 0.6 is 0 Å². The summed E-state index contributed by atoms with van der Waals surface area (Å²) in [6.07, 6.45) is 10.8. The Kier molecular flexibility index (Phi) is 7.03. The van der Waals surface area contributed by atoms with E-state index in [1.165, 1.54) is 10.6 Å². The highest BCUT2D eigenvalue weighted by Gasteiger charge is 2.42. The first-order valence-electron chi connectivity index (χ1n) is 12.8. The number of carbonyl (C=O) groups excluding carboxylic acids is 1. The Labute approximate surface area is 222 Å². The third-order valence-corrected chi connectivity index (χ3v) is 8.80. The van der Waals surface area contributed by atoms with E-state index in [1.807, 2.05) is 42.1 Å². The molecule has 2 aromatic heterocycles. The lowest BCUT2D eigenvalue weighted by Gasteiger charge is -2.30. The second kappa shape index (κ2) is 10.3. The van der Waals surface area contributed by atoms with Gasteiger partial charge in [-0.2, -0.15) is 10.4 Å². The molecule has 1 N–H and O–H groups in total. The standard InChI is InChI=1S/C27H31N7O3S/c1-19-15-29-26(31-22-16-30-34(17-22)23-8-13-33(14-9-23)38(2,36)37)32-25(19)21-5-3-20(4-6-21)24(35)7-10-27(18-28)11-12-27/h3-6,15-17,23H,7-14H2,1-2H3,(H,29,31,32). The highest BCUT2D eigenvalue weighted by Crippen LogP contribution is 2.49. The Bertz CT molecular complexity index is 1480. The monoisotopic (exact) mass is 533 g/mol. The Morgan fingerprint density at radius 2 is 1.89 bits per heavy atom. The SMILES string of the molecule is Cc1cnc(Nc2cnn(C3CCN(S(C)(=O)=O)CC3)c2)nc1-c1ccc(C(=O)CCC2(C#N)CC2)cc1. The molecule has 10 nitrogen and oxygen atoms in total. The molecule has 1 aliphatic carbocycles. The van der Waals surface area contributed by atoms with Crippen molar-refractivity contribution in [2.75, 3.05) is 24.7 Å². The number of carbonyl (C=O) groups is 1. The van der Waals surface area contributed by atoms with Gasteiger partial charge in [0.1, 0.15) is 0 Å². The number of anilines is 2. The van der Waals surface area contributed by atoms with Gasteiger partial charge in [0, 0.05) is 43.0 Å². The van der Waals surface area contributed by atoms with Gasteiger partial charge in [-0.3, -0.25) is 9.48 Å². The van der Waals surface area contributed by atoms with Gasteiger partial charge >= 0.3 is 0 Å². The van der Waals surface area contributed by atoms with Crippen molar-refractivity contribution in [3.05, 3.63) is 54.0 Å². The van der Waals surface area contributed by atoms with Crippen molar-refractivity contribution >= 4 is 27.4 Å². The number of aromatic nitrogens is 4. The second-order valence-electron chi connectivity index (χ2n) is 10.3. The topological polar surface area (TPSA) is 134 Å². The summed E-state index contributed by atoms with van der Waals surface area (Å²) in [7, 11) is -3.16. The Hall–Kier alpha value is -3.62. The van der Waals surface area contributed by atoms with E-state index >= 15 is 0 Å². The quantitative estimate of drug-likeness (QED) is 0.403. The first kappa shape index (κ1) is 26.0. The number of nitrogens with one attached hydrogen (secondary N) is 1. The van der Waals surface area contributed by atoms with E-state index in [4.69, 9.17) is 4.98 Å². The highest BCUT2D eigenvalue weighted by molar-refractivity contribution is 7.88. The number of hydrogen-bond acceptors (Lipinski definition) is 8. The summed E-state index contributed by atoms with van der Waals surface area (Å²) in [6, 6.07) is 9.90. The molecular formula is C27H31N7O3S. The number of ketones is 1. The zero-order chi connectivity index (χ0) is 26.9. The van der Waals surface area contributed by atoms with Crippen molar-refractivity contribution in [1.29, 1.82) is 5.26 Å². The summed E-state index contributed by atoms with van der Waals surface area (Å²) in [4.78, 5) is 21.7. The maximum Gasteiger partial charge on any atom is 0.227 e. The predicted octanol–water partition coefficient (Wildman–Crippen LogP) is 4.26. The zero-order valence-electron chi connectivity index (χ0n) is 21.6. The van der Waals surface area contributed by atoms with Crippen LogP contribution in [0.15, 0.2) is 42.9 Å². The first-order chi connectivity index (χ1) is 18.2. The molecule has 0 bridgehead atoms. The number of piperidine rings is 1. The molecule has 1 aromatic carbocycles. The van der Waals surface area contributed by atoms with Crippen molar-refractivity contribution in [3.8, 4) is 17.3 Å². The first-order valence-corrected chi connectivity index (χ1v) is 14.7. The van der Waals surface area contributed by atoms with E-state index < -0.39 is 10.0 Å². The van der Waals surface area contributed by atoms with E-state index in [2.05, 4.69) is 21.5 Å². The van der Waals surface area contributed by atoms with Gasteiger partial charge in [-0.15, -0.1) is 0 Å². The number of aryl methyl sites for hydroxylation is 1. The number of rotatable bonds is 9. The smallest absolute Gasteiger partial charge is 0.227 e. The summed E-state index contributed by atoms with van der Waals surface area (Å²) in [5, 5.41) is 16.9. The molecule has 0 unspecified atom stereocenters. The summed E-state index contributed by atoms with van der Waals surface area (Å²) < 4.78 is 26.9. The minimum atomic E-state index is -3.16. The minimum Gasteiger partial charge on any atom is -0.321 e. The van der Waals surface area contributed by atoms with E-state index in [0.29, 0.717) is 50.3 Å². The van der Waals surface area contributed by atoms with Crippen LogP contribution in [0.3, 0.4) is 0 Å². The van der Waals surface area contributed by atoms with Crippen molar-refractivity contribution in [1.82, 2.24) is 24.1 Å². The predicted molar refractivity (Wildman–Crippen MR) is 143 cm³/mol. The Morgan fingerprint density at radius 1 is 1.18 bits per heavy atom. The van der Waals surface area contributed by atoms with E-state index in [0.717, 1.165) is 35.3 Å². The number of Topliss-reactive ketones (excluding diaryl/α,β-unsaturated/α-hetero) is 1. The molecule has 0 spiro atoms. The van der Waals surface area contributed by atoms with Gasteiger partial charge in [-0.05, 0) is 44.6 Å². The molecule has 3 aromatic rings. The number of sulfonamides is 1. The largest absolute Gasteiger partial charge is 0.321 e. The van der Waals surface area contributed by atoms with Crippen LogP contribution in [0.25, 0.3) is 11.3 Å². The molecule has 0 amide bonds. The molecule has 2 fully saturated rings. The van der Waals surface area contributed by atoms with Gasteiger partial charge in [0.15, 0.2) is 5.78 Å². The van der Waals surface area contributed by atoms with Crippen LogP contribution in [0.2, 0.25) is 0 Å². The third kappa shape index (κ3) is 5.76. The molecule has 5 rings (SSSR count). The molecule has 2 aliphatic rings. The lowest BCUT2D eigenvalue weighted by Crippen LogP contribution is -2.38. The molecule has 1 saturated carbocycles. The van der Waals surface area contributed by atoms with Crippen LogP contribution in [0.1, 0.15) is 60.5 Å². The molecule has 11 heteroatoms. The fourth-order valence-corrected chi connectivity index (χ4v) is 5.72. The summed E-state index contributed by atoms with van der Waals surface area (Å²) in [5.41, 5.74) is 3.67. The van der Waals surface area contributed by atoms with Gasteiger partial charge in [0.2, 0.25) is 16.0 Å². The van der Waals surface area contributed by atoms with Gasteiger partial charge in [-0.25, -0.2) is 22.7 Å². The normalized spacial score (nSPS) is 17.6. The van der Waals surface area contributed by atoms with Crippen molar-refractivity contribution in [2.45, 2.75) is 51.5 Å². The number of benzene rings is 1.